The van der Waals surface area contributed by atoms with Crippen LogP contribution >= 0.6 is 11.6 Å². The van der Waals surface area contributed by atoms with Crippen LogP contribution in [-0.4, -0.2) is 19.7 Å². The standard InChI is InChI=1S/C12H17ClN2O2/c1-3-6-14-12(16)15-8-9-7-10(13)4-5-11(9)17-2/h4-5,7H,3,6,8H2,1-2H3,(H2,14,15,16). The van der Waals surface area contributed by atoms with Gasteiger partial charge in [0.15, 0.2) is 0 Å². The molecule has 0 aliphatic rings. The highest BCUT2D eigenvalue weighted by atomic mass is 35.5. The number of halogens is 1. The second kappa shape index (κ2) is 7.01. The molecule has 2 amide bonds. The Hall–Kier alpha value is -1.42. The van der Waals surface area contributed by atoms with Crippen molar-refractivity contribution in [3.63, 3.8) is 0 Å². The first-order chi connectivity index (χ1) is 8.17. The van der Waals surface area contributed by atoms with E-state index in [0.29, 0.717) is 23.9 Å². The molecule has 0 spiro atoms. The summed E-state index contributed by atoms with van der Waals surface area (Å²) < 4.78 is 5.18. The van der Waals surface area contributed by atoms with Gasteiger partial charge in [-0.15, -0.1) is 0 Å². The van der Waals surface area contributed by atoms with Gasteiger partial charge in [-0.3, -0.25) is 0 Å². The average molecular weight is 257 g/mol. The first-order valence-electron chi connectivity index (χ1n) is 5.51. The van der Waals surface area contributed by atoms with Gasteiger partial charge in [-0.2, -0.15) is 0 Å². The van der Waals surface area contributed by atoms with E-state index in [4.69, 9.17) is 16.3 Å². The van der Waals surface area contributed by atoms with Crippen molar-refractivity contribution in [2.75, 3.05) is 13.7 Å². The molecule has 0 unspecified atom stereocenters. The molecule has 2 N–H and O–H groups in total. The van der Waals surface area contributed by atoms with Crippen molar-refractivity contribution in [1.82, 2.24) is 10.6 Å². The zero-order valence-corrected chi connectivity index (χ0v) is 10.8. The number of urea groups is 1. The quantitative estimate of drug-likeness (QED) is 0.851. The maximum absolute atomic E-state index is 11.4. The van der Waals surface area contributed by atoms with Crippen molar-refractivity contribution >= 4 is 17.6 Å². The molecule has 0 aromatic heterocycles. The topological polar surface area (TPSA) is 50.4 Å². The van der Waals surface area contributed by atoms with Gasteiger partial charge in [-0.25, -0.2) is 4.79 Å². The molecule has 0 saturated carbocycles. The molecule has 94 valence electrons. The number of benzene rings is 1. The van der Waals surface area contributed by atoms with E-state index in [1.54, 1.807) is 25.3 Å². The Bertz CT molecular complexity index is 383. The van der Waals surface area contributed by atoms with E-state index in [2.05, 4.69) is 10.6 Å². The number of rotatable bonds is 5. The van der Waals surface area contributed by atoms with Crippen LogP contribution in [0.1, 0.15) is 18.9 Å². The number of carbonyl (C=O) groups excluding carboxylic acids is 1. The molecule has 1 rings (SSSR count). The van der Waals surface area contributed by atoms with Crippen LogP contribution in [0.25, 0.3) is 0 Å². The van der Waals surface area contributed by atoms with Crippen LogP contribution in [0, 0.1) is 0 Å². The number of carbonyl (C=O) groups is 1. The van der Waals surface area contributed by atoms with E-state index in [1.807, 2.05) is 6.92 Å². The van der Waals surface area contributed by atoms with Gasteiger partial charge in [-0.1, -0.05) is 18.5 Å². The Morgan fingerprint density at radius 1 is 1.41 bits per heavy atom. The fraction of sp³-hybridized carbons (Fsp3) is 0.417. The van der Waals surface area contributed by atoms with E-state index < -0.39 is 0 Å². The summed E-state index contributed by atoms with van der Waals surface area (Å²) in [7, 11) is 1.59. The van der Waals surface area contributed by atoms with Crippen molar-refractivity contribution in [1.29, 1.82) is 0 Å². The lowest BCUT2D eigenvalue weighted by molar-refractivity contribution is 0.240. The highest BCUT2D eigenvalue weighted by molar-refractivity contribution is 6.30. The highest BCUT2D eigenvalue weighted by Gasteiger charge is 2.05. The molecular weight excluding hydrogens is 240 g/mol. The van der Waals surface area contributed by atoms with E-state index in [0.717, 1.165) is 12.0 Å². The number of methoxy groups -OCH3 is 1. The van der Waals surface area contributed by atoms with Crippen molar-refractivity contribution in [3.05, 3.63) is 28.8 Å². The van der Waals surface area contributed by atoms with E-state index in [-0.39, 0.29) is 6.03 Å². The normalized spacial score (nSPS) is 9.82. The molecule has 1 aromatic carbocycles. The SMILES string of the molecule is CCCNC(=O)NCc1cc(Cl)ccc1OC. The zero-order chi connectivity index (χ0) is 12.7. The third-order valence-electron chi connectivity index (χ3n) is 2.22. The van der Waals surface area contributed by atoms with Crippen molar-refractivity contribution in [3.8, 4) is 5.75 Å². The fourth-order valence-electron chi connectivity index (χ4n) is 1.36. The molecule has 0 saturated heterocycles. The van der Waals surface area contributed by atoms with Gasteiger partial charge < -0.3 is 15.4 Å². The van der Waals surface area contributed by atoms with Crippen molar-refractivity contribution < 1.29 is 9.53 Å². The molecule has 0 aliphatic carbocycles. The summed E-state index contributed by atoms with van der Waals surface area (Å²) in [5, 5.41) is 6.10. The number of nitrogens with one attached hydrogen (secondary N) is 2. The zero-order valence-electron chi connectivity index (χ0n) is 10.0. The lowest BCUT2D eigenvalue weighted by Gasteiger charge is -2.10. The first kappa shape index (κ1) is 13.6. The van der Waals surface area contributed by atoms with Crippen LogP contribution in [0.5, 0.6) is 5.75 Å². The van der Waals surface area contributed by atoms with Crippen LogP contribution < -0.4 is 15.4 Å². The molecule has 17 heavy (non-hydrogen) atoms. The fourth-order valence-corrected chi connectivity index (χ4v) is 1.56. The molecule has 0 fully saturated rings. The third-order valence-corrected chi connectivity index (χ3v) is 2.45. The molecule has 0 heterocycles. The van der Waals surface area contributed by atoms with Crippen LogP contribution in [0.15, 0.2) is 18.2 Å². The monoisotopic (exact) mass is 256 g/mol. The predicted octanol–water partition coefficient (Wildman–Crippen LogP) is 2.56. The number of amides is 2. The summed E-state index contributed by atoms with van der Waals surface area (Å²) in [5.74, 6) is 0.713. The number of hydrogen-bond donors (Lipinski definition) is 2. The van der Waals surface area contributed by atoms with Gasteiger partial charge in [0.25, 0.3) is 0 Å². The first-order valence-corrected chi connectivity index (χ1v) is 5.89. The molecule has 5 heteroatoms. The Kier molecular flexibility index (Phi) is 5.63. The second-order valence-corrected chi connectivity index (χ2v) is 4.00. The van der Waals surface area contributed by atoms with E-state index in [9.17, 15) is 4.79 Å². The van der Waals surface area contributed by atoms with Gasteiger partial charge in [-0.05, 0) is 24.6 Å². The van der Waals surface area contributed by atoms with Crippen molar-refractivity contribution in [2.45, 2.75) is 19.9 Å². The maximum atomic E-state index is 11.4. The minimum atomic E-state index is -0.186. The average Bonchev–Trinajstić information content (AvgIpc) is 2.34. The van der Waals surface area contributed by atoms with Gasteiger partial charge in [0.1, 0.15) is 5.75 Å². The summed E-state index contributed by atoms with van der Waals surface area (Å²) in [4.78, 5) is 11.4. The third kappa shape index (κ3) is 4.53. The molecule has 0 atom stereocenters. The van der Waals surface area contributed by atoms with Crippen molar-refractivity contribution in [2.24, 2.45) is 0 Å². The van der Waals surface area contributed by atoms with Gasteiger partial charge in [0.2, 0.25) is 0 Å². The van der Waals surface area contributed by atoms with Gasteiger partial charge in [0.05, 0.1) is 7.11 Å². The van der Waals surface area contributed by atoms with Gasteiger partial charge in [0, 0.05) is 23.7 Å². The molecule has 0 radical (unpaired) electrons. The Balaban J connectivity index is 2.56. The van der Waals surface area contributed by atoms with Crippen LogP contribution in [0.3, 0.4) is 0 Å². The Morgan fingerprint density at radius 2 is 2.18 bits per heavy atom. The highest BCUT2D eigenvalue weighted by Crippen LogP contribution is 2.22. The summed E-state index contributed by atoms with van der Waals surface area (Å²) in [6.07, 6.45) is 0.911. The number of hydrogen-bond acceptors (Lipinski definition) is 2. The smallest absolute Gasteiger partial charge is 0.315 e. The summed E-state index contributed by atoms with van der Waals surface area (Å²) in [5.41, 5.74) is 0.853. The van der Waals surface area contributed by atoms with Gasteiger partial charge >= 0.3 is 6.03 Å². The minimum Gasteiger partial charge on any atom is -0.496 e. The second-order valence-electron chi connectivity index (χ2n) is 3.57. The van der Waals surface area contributed by atoms with Crippen LogP contribution in [-0.2, 0) is 6.54 Å². The van der Waals surface area contributed by atoms with Crippen LogP contribution in [0.4, 0.5) is 4.79 Å². The number of ether oxygens (including phenoxy) is 1. The summed E-state index contributed by atoms with van der Waals surface area (Å²) >= 11 is 5.89. The summed E-state index contributed by atoms with van der Waals surface area (Å²) in [6, 6.07) is 5.12. The predicted molar refractivity (Wildman–Crippen MR) is 68.5 cm³/mol. The lowest BCUT2D eigenvalue weighted by Crippen LogP contribution is -2.35. The lowest BCUT2D eigenvalue weighted by atomic mass is 10.2. The summed E-state index contributed by atoms with van der Waals surface area (Å²) in [6.45, 7) is 3.05. The maximum Gasteiger partial charge on any atom is 0.315 e. The minimum absolute atomic E-state index is 0.186. The molecule has 1 aromatic rings. The Morgan fingerprint density at radius 3 is 2.82 bits per heavy atom. The molecule has 0 bridgehead atoms. The van der Waals surface area contributed by atoms with Crippen LogP contribution in [0.2, 0.25) is 5.02 Å². The molecular formula is C12H17ClN2O2. The largest absolute Gasteiger partial charge is 0.496 e. The Labute approximate surface area is 106 Å². The molecule has 0 aliphatic heterocycles. The van der Waals surface area contributed by atoms with E-state index in [1.165, 1.54) is 0 Å². The van der Waals surface area contributed by atoms with E-state index >= 15 is 0 Å². The molecule has 4 nitrogen and oxygen atoms in total.